The highest BCUT2D eigenvalue weighted by Crippen LogP contribution is 2.49. The molecule has 2 heterocycles. The molecule has 0 saturated carbocycles. The summed E-state index contributed by atoms with van der Waals surface area (Å²) in [6.07, 6.45) is -7.99. The number of halogens is 6. The van der Waals surface area contributed by atoms with Gasteiger partial charge in [-0.1, -0.05) is 30.3 Å². The Morgan fingerprint density at radius 3 is 2.43 bits per heavy atom. The average molecular weight is 625 g/mol. The van der Waals surface area contributed by atoms with E-state index >= 15 is 0 Å². The zero-order valence-electron chi connectivity index (χ0n) is 23.1. The monoisotopic (exact) mass is 624 g/mol. The Kier molecular flexibility index (Phi) is 9.53. The number of benzene rings is 2. The first kappa shape index (κ1) is 32.3. The topological polar surface area (TPSA) is 118 Å². The number of hydroxylamine groups is 2. The van der Waals surface area contributed by atoms with Crippen molar-refractivity contribution in [2.45, 2.75) is 37.7 Å². The number of para-hydroxylation sites is 1. The number of hydrogen-bond donors (Lipinski definition) is 1. The van der Waals surface area contributed by atoms with Crippen LogP contribution in [0.5, 0.6) is 5.75 Å². The highest BCUT2D eigenvalue weighted by atomic mass is 19.4. The Labute approximate surface area is 247 Å². The number of nitriles is 1. The fraction of sp³-hybridized carbons (Fsp3) is 0.379. The molecule has 0 radical (unpaired) electrons. The molecule has 4 rings (SSSR count). The minimum Gasteiger partial charge on any atom is -0.469 e. The van der Waals surface area contributed by atoms with E-state index in [4.69, 9.17) is 4.74 Å². The average Bonchev–Trinajstić information content (AvgIpc) is 3.51. The summed E-state index contributed by atoms with van der Waals surface area (Å²) in [5.74, 6) is -5.60. The Balaban J connectivity index is 1.84. The first-order chi connectivity index (χ1) is 20.8. The van der Waals surface area contributed by atoms with E-state index in [2.05, 4.69) is 19.5 Å². The molecule has 0 bridgehead atoms. The molecule has 2 aromatic carbocycles. The number of nitrogens with zero attached hydrogens (tertiary/aromatic N) is 3. The number of carbonyl (C=O) groups is 2. The summed E-state index contributed by atoms with van der Waals surface area (Å²) >= 11 is 0. The van der Waals surface area contributed by atoms with Crippen LogP contribution in [0.4, 0.5) is 26.3 Å². The van der Waals surface area contributed by atoms with Crippen molar-refractivity contribution in [1.82, 2.24) is 15.0 Å². The number of rotatable bonds is 9. The van der Waals surface area contributed by atoms with Gasteiger partial charge in [0, 0.05) is 30.9 Å². The standard InChI is InChI=1S/C29H26F6N4O5/c1-42-25(40)27(13-20-4-2-3-5-24(20)43-29(33,34)35)10-11-39(44-26(41)28(30,31)32)16-22(27)21(23-15-37-17-38-23)12-18-6-8-19(14-36)9-7-18/h2-9,15,17,21-22H,10-13,16H2,1H3,(H,37,38). The molecule has 0 amide bonds. The Hall–Kier alpha value is -4.58. The first-order valence-corrected chi connectivity index (χ1v) is 13.2. The number of aromatic nitrogens is 2. The fourth-order valence-electron chi connectivity index (χ4n) is 5.63. The molecule has 3 atom stereocenters. The van der Waals surface area contributed by atoms with Crippen LogP contribution < -0.4 is 4.74 Å². The van der Waals surface area contributed by atoms with Gasteiger partial charge in [-0.3, -0.25) is 4.79 Å². The summed E-state index contributed by atoms with van der Waals surface area (Å²) in [5.41, 5.74) is -0.129. The maximum atomic E-state index is 13.7. The third-order valence-electron chi connectivity index (χ3n) is 7.60. The highest BCUT2D eigenvalue weighted by molar-refractivity contribution is 5.78. The summed E-state index contributed by atoms with van der Waals surface area (Å²) in [5, 5.41) is 9.98. The van der Waals surface area contributed by atoms with Crippen molar-refractivity contribution in [2.24, 2.45) is 11.3 Å². The van der Waals surface area contributed by atoms with Gasteiger partial charge in [0.05, 0.1) is 30.5 Å². The Morgan fingerprint density at radius 2 is 1.84 bits per heavy atom. The van der Waals surface area contributed by atoms with Crippen LogP contribution in [0.3, 0.4) is 0 Å². The summed E-state index contributed by atoms with van der Waals surface area (Å²) in [6, 6.07) is 13.7. The van der Waals surface area contributed by atoms with Crippen molar-refractivity contribution in [3.63, 3.8) is 0 Å². The molecule has 1 saturated heterocycles. The molecule has 1 N–H and O–H groups in total. The van der Waals surface area contributed by atoms with Gasteiger partial charge in [0.25, 0.3) is 0 Å². The highest BCUT2D eigenvalue weighted by Gasteiger charge is 2.55. The SMILES string of the molecule is COC(=O)C1(Cc2ccccc2OC(F)(F)F)CCN(OC(=O)C(F)(F)F)CC1C(Cc1ccc(C#N)cc1)c1cnc[nH]1. The number of piperidine rings is 1. The molecule has 0 aliphatic carbocycles. The number of alkyl halides is 6. The Bertz CT molecular complexity index is 1490. The molecule has 9 nitrogen and oxygen atoms in total. The van der Waals surface area contributed by atoms with Crippen LogP contribution in [0.1, 0.15) is 34.7 Å². The van der Waals surface area contributed by atoms with Crippen molar-refractivity contribution >= 4 is 11.9 Å². The minimum absolute atomic E-state index is 0.00250. The number of ether oxygens (including phenoxy) is 2. The van der Waals surface area contributed by atoms with Gasteiger partial charge in [-0.15, -0.1) is 18.2 Å². The van der Waals surface area contributed by atoms with Crippen molar-refractivity contribution in [3.8, 4) is 11.8 Å². The molecule has 3 unspecified atom stereocenters. The minimum atomic E-state index is -5.30. The molecule has 0 spiro atoms. The summed E-state index contributed by atoms with van der Waals surface area (Å²) < 4.78 is 88.6. The maximum Gasteiger partial charge on any atom is 0.573 e. The normalized spacial score (nSPS) is 19.9. The van der Waals surface area contributed by atoms with E-state index in [1.807, 2.05) is 6.07 Å². The second kappa shape index (κ2) is 13.0. The lowest BCUT2D eigenvalue weighted by Crippen LogP contribution is -2.56. The molecular formula is C29H26F6N4O5. The quantitative estimate of drug-likeness (QED) is 0.254. The smallest absolute Gasteiger partial charge is 0.469 e. The zero-order chi connectivity index (χ0) is 32.1. The summed E-state index contributed by atoms with van der Waals surface area (Å²) in [7, 11) is 1.10. The van der Waals surface area contributed by atoms with Gasteiger partial charge in [0.2, 0.25) is 0 Å². The van der Waals surface area contributed by atoms with Crippen molar-refractivity contribution in [2.75, 3.05) is 20.2 Å². The zero-order valence-corrected chi connectivity index (χ0v) is 23.1. The van der Waals surface area contributed by atoms with E-state index in [9.17, 15) is 41.2 Å². The van der Waals surface area contributed by atoms with Gasteiger partial charge < -0.3 is 19.3 Å². The van der Waals surface area contributed by atoms with E-state index in [0.717, 1.165) is 18.2 Å². The third-order valence-corrected chi connectivity index (χ3v) is 7.60. The van der Waals surface area contributed by atoms with Crippen molar-refractivity contribution in [1.29, 1.82) is 5.26 Å². The molecule has 44 heavy (non-hydrogen) atoms. The maximum absolute atomic E-state index is 13.7. The number of H-pyrrole nitrogens is 1. The molecule has 1 aliphatic rings. The van der Waals surface area contributed by atoms with Crippen LogP contribution in [0.2, 0.25) is 0 Å². The van der Waals surface area contributed by atoms with Gasteiger partial charge in [0.1, 0.15) is 5.75 Å². The van der Waals surface area contributed by atoms with Crippen LogP contribution in [0.25, 0.3) is 0 Å². The van der Waals surface area contributed by atoms with Gasteiger partial charge in [-0.25, -0.2) is 9.78 Å². The van der Waals surface area contributed by atoms with Crippen molar-refractivity contribution in [3.05, 3.63) is 83.4 Å². The largest absolute Gasteiger partial charge is 0.573 e. The molecular weight excluding hydrogens is 598 g/mol. The lowest BCUT2D eigenvalue weighted by atomic mass is 9.61. The van der Waals surface area contributed by atoms with Crippen LogP contribution in [-0.4, -0.2) is 59.7 Å². The number of hydrogen-bond acceptors (Lipinski definition) is 8. The van der Waals surface area contributed by atoms with Crippen LogP contribution in [0, 0.1) is 22.7 Å². The predicted molar refractivity (Wildman–Crippen MR) is 139 cm³/mol. The molecule has 15 heteroatoms. The van der Waals surface area contributed by atoms with Gasteiger partial charge in [-0.05, 0) is 54.5 Å². The van der Waals surface area contributed by atoms with Crippen LogP contribution in [0.15, 0.2) is 61.1 Å². The number of aromatic amines is 1. The van der Waals surface area contributed by atoms with Crippen molar-refractivity contribution < 1.29 is 50.2 Å². The number of esters is 1. The second-order valence-electron chi connectivity index (χ2n) is 10.2. The molecule has 1 fully saturated rings. The lowest BCUT2D eigenvalue weighted by molar-refractivity contribution is -0.275. The molecule has 3 aromatic rings. The molecule has 1 aliphatic heterocycles. The lowest BCUT2D eigenvalue weighted by Gasteiger charge is -2.48. The fourth-order valence-corrected chi connectivity index (χ4v) is 5.63. The third kappa shape index (κ3) is 7.49. The summed E-state index contributed by atoms with van der Waals surface area (Å²) in [4.78, 5) is 37.2. The van der Waals surface area contributed by atoms with Gasteiger partial charge in [-0.2, -0.15) is 18.4 Å². The van der Waals surface area contributed by atoms with E-state index in [-0.39, 0.29) is 31.4 Å². The van der Waals surface area contributed by atoms with Gasteiger partial charge >= 0.3 is 24.5 Å². The molecule has 1 aromatic heterocycles. The molecule has 234 valence electrons. The van der Waals surface area contributed by atoms with Crippen LogP contribution in [-0.2, 0) is 32.0 Å². The predicted octanol–water partition coefficient (Wildman–Crippen LogP) is 5.25. The van der Waals surface area contributed by atoms with Gasteiger partial charge in [0.15, 0.2) is 0 Å². The van der Waals surface area contributed by atoms with E-state index in [1.54, 1.807) is 24.3 Å². The van der Waals surface area contributed by atoms with E-state index in [1.165, 1.54) is 30.7 Å². The number of methoxy groups -OCH3 is 1. The van der Waals surface area contributed by atoms with Crippen LogP contribution >= 0.6 is 0 Å². The number of nitrogens with one attached hydrogen (secondary N) is 1. The second-order valence-corrected chi connectivity index (χ2v) is 10.2. The number of imidazole rings is 1. The summed E-state index contributed by atoms with van der Waals surface area (Å²) in [6.45, 7) is -0.776. The Morgan fingerprint density at radius 1 is 1.14 bits per heavy atom. The number of carbonyl (C=O) groups excluding carboxylic acids is 2. The van der Waals surface area contributed by atoms with E-state index < -0.39 is 54.0 Å². The first-order valence-electron chi connectivity index (χ1n) is 13.2. The van der Waals surface area contributed by atoms with E-state index in [0.29, 0.717) is 16.8 Å².